The van der Waals surface area contributed by atoms with Crippen LogP contribution in [0, 0.1) is 17.8 Å². The van der Waals surface area contributed by atoms with Crippen molar-refractivity contribution in [1.82, 2.24) is 4.90 Å². The van der Waals surface area contributed by atoms with Crippen LogP contribution in [0.15, 0.2) is 11.4 Å². The van der Waals surface area contributed by atoms with Crippen LogP contribution in [0.3, 0.4) is 0 Å². The Hall–Kier alpha value is -1.31. The highest BCUT2D eigenvalue weighted by Crippen LogP contribution is 2.26. The van der Waals surface area contributed by atoms with Gasteiger partial charge in [0.15, 0.2) is 0 Å². The van der Waals surface area contributed by atoms with Gasteiger partial charge in [-0.2, -0.15) is 0 Å². The first-order valence-electron chi connectivity index (χ1n) is 7.63. The van der Waals surface area contributed by atoms with Crippen molar-refractivity contribution < 1.29 is 9.90 Å². The standard InChI is InChI=1S/C17H23NO2S/c1-18(17(20)15-7-3-2-4-8-15)12-14-11-16(21-13-14)9-5-6-10-19/h11,13,15,19H,2-4,6-8,10,12H2,1H3. The molecule has 0 aliphatic heterocycles. The van der Waals surface area contributed by atoms with Crippen molar-refractivity contribution in [3.05, 3.63) is 21.9 Å². The summed E-state index contributed by atoms with van der Waals surface area (Å²) in [5, 5.41) is 10.8. The number of rotatable bonds is 4. The molecule has 4 heteroatoms. The van der Waals surface area contributed by atoms with E-state index in [9.17, 15) is 4.79 Å². The molecular formula is C17H23NO2S. The molecule has 0 radical (unpaired) electrons. The average Bonchev–Trinajstić information content (AvgIpc) is 2.95. The predicted octanol–water partition coefficient (Wildman–Crippen LogP) is 3.02. The first-order chi connectivity index (χ1) is 10.2. The molecule has 1 aliphatic rings. The fourth-order valence-corrected chi connectivity index (χ4v) is 3.51. The molecule has 3 nitrogen and oxygen atoms in total. The van der Waals surface area contributed by atoms with E-state index >= 15 is 0 Å². The van der Waals surface area contributed by atoms with Gasteiger partial charge in [0, 0.05) is 25.9 Å². The monoisotopic (exact) mass is 305 g/mol. The predicted molar refractivity (Wildman–Crippen MR) is 85.9 cm³/mol. The van der Waals surface area contributed by atoms with Gasteiger partial charge in [0.25, 0.3) is 0 Å². The minimum absolute atomic E-state index is 0.101. The van der Waals surface area contributed by atoms with Crippen LogP contribution in [0.4, 0.5) is 0 Å². The van der Waals surface area contributed by atoms with Crippen LogP contribution in [-0.2, 0) is 11.3 Å². The number of amides is 1. The van der Waals surface area contributed by atoms with Gasteiger partial charge in [-0.25, -0.2) is 0 Å². The Morgan fingerprint density at radius 1 is 1.43 bits per heavy atom. The lowest BCUT2D eigenvalue weighted by molar-refractivity contribution is -0.135. The molecule has 1 aromatic heterocycles. The molecule has 1 saturated carbocycles. The fraction of sp³-hybridized carbons (Fsp3) is 0.588. The Bertz CT molecular complexity index is 520. The van der Waals surface area contributed by atoms with Crippen LogP contribution in [0.1, 0.15) is 49.0 Å². The number of thiophene rings is 1. The maximum Gasteiger partial charge on any atom is 0.225 e. The molecule has 0 aromatic carbocycles. The molecule has 0 spiro atoms. The lowest BCUT2D eigenvalue weighted by Gasteiger charge is -2.26. The summed E-state index contributed by atoms with van der Waals surface area (Å²) in [7, 11) is 1.89. The van der Waals surface area contributed by atoms with E-state index in [0.29, 0.717) is 13.0 Å². The topological polar surface area (TPSA) is 40.5 Å². The number of carbonyl (C=O) groups is 1. The number of carbonyl (C=O) groups excluding carboxylic acids is 1. The highest BCUT2D eigenvalue weighted by Gasteiger charge is 2.24. The van der Waals surface area contributed by atoms with E-state index in [1.54, 1.807) is 11.3 Å². The highest BCUT2D eigenvalue weighted by molar-refractivity contribution is 7.10. The normalized spacial score (nSPS) is 15.3. The van der Waals surface area contributed by atoms with Gasteiger partial charge >= 0.3 is 0 Å². The third kappa shape index (κ3) is 4.87. The summed E-state index contributed by atoms with van der Waals surface area (Å²) < 4.78 is 0. The molecule has 0 unspecified atom stereocenters. The summed E-state index contributed by atoms with van der Waals surface area (Å²) in [5.74, 6) is 6.47. The summed E-state index contributed by atoms with van der Waals surface area (Å²) in [6.45, 7) is 0.761. The van der Waals surface area contributed by atoms with Gasteiger partial charge in [0.05, 0.1) is 11.5 Å². The number of hydrogen-bond acceptors (Lipinski definition) is 3. The van der Waals surface area contributed by atoms with Crippen LogP contribution in [-0.4, -0.2) is 29.6 Å². The van der Waals surface area contributed by atoms with Crippen molar-refractivity contribution in [1.29, 1.82) is 0 Å². The molecule has 0 atom stereocenters. The van der Waals surface area contributed by atoms with Crippen molar-refractivity contribution in [2.24, 2.45) is 5.92 Å². The zero-order valence-corrected chi connectivity index (χ0v) is 13.4. The van der Waals surface area contributed by atoms with Crippen LogP contribution in [0.25, 0.3) is 0 Å². The Morgan fingerprint density at radius 2 is 2.19 bits per heavy atom. The molecule has 1 heterocycles. The Labute approximate surface area is 131 Å². The van der Waals surface area contributed by atoms with E-state index < -0.39 is 0 Å². The number of nitrogens with zero attached hydrogens (tertiary/aromatic N) is 1. The van der Waals surface area contributed by atoms with Crippen molar-refractivity contribution >= 4 is 17.2 Å². The summed E-state index contributed by atoms with van der Waals surface area (Å²) in [6, 6.07) is 2.04. The van der Waals surface area contributed by atoms with E-state index in [1.165, 1.54) is 19.3 Å². The Morgan fingerprint density at radius 3 is 2.90 bits per heavy atom. The van der Waals surface area contributed by atoms with Gasteiger partial charge in [-0.15, -0.1) is 11.3 Å². The van der Waals surface area contributed by atoms with Crippen LogP contribution in [0.2, 0.25) is 0 Å². The molecule has 2 rings (SSSR count). The van der Waals surface area contributed by atoms with Crippen LogP contribution >= 0.6 is 11.3 Å². The summed E-state index contributed by atoms with van der Waals surface area (Å²) in [4.78, 5) is 15.2. The van der Waals surface area contributed by atoms with Gasteiger partial charge in [-0.05, 0) is 29.9 Å². The third-order valence-electron chi connectivity index (χ3n) is 3.85. The van der Waals surface area contributed by atoms with Crippen molar-refractivity contribution in [2.75, 3.05) is 13.7 Å². The minimum Gasteiger partial charge on any atom is -0.395 e. The van der Waals surface area contributed by atoms with E-state index in [1.807, 2.05) is 18.0 Å². The smallest absolute Gasteiger partial charge is 0.225 e. The largest absolute Gasteiger partial charge is 0.395 e. The van der Waals surface area contributed by atoms with Gasteiger partial charge in [0.2, 0.25) is 5.91 Å². The van der Waals surface area contributed by atoms with Crippen LogP contribution in [0.5, 0.6) is 0 Å². The third-order valence-corrected chi connectivity index (χ3v) is 4.75. The van der Waals surface area contributed by atoms with Gasteiger partial charge in [-0.1, -0.05) is 31.1 Å². The highest BCUT2D eigenvalue weighted by atomic mass is 32.1. The molecule has 1 N–H and O–H groups in total. The average molecular weight is 305 g/mol. The van der Waals surface area contributed by atoms with E-state index in [4.69, 9.17) is 5.11 Å². The van der Waals surface area contributed by atoms with Crippen LogP contribution < -0.4 is 0 Å². The second kappa shape index (κ2) is 8.21. The lowest BCUT2D eigenvalue weighted by Crippen LogP contribution is -2.33. The maximum atomic E-state index is 12.4. The van der Waals surface area contributed by atoms with E-state index in [2.05, 4.69) is 17.2 Å². The second-order valence-electron chi connectivity index (χ2n) is 5.62. The molecule has 1 fully saturated rings. The molecule has 1 aromatic rings. The molecule has 21 heavy (non-hydrogen) atoms. The fourth-order valence-electron chi connectivity index (χ4n) is 2.74. The molecular weight excluding hydrogens is 282 g/mol. The van der Waals surface area contributed by atoms with Crippen molar-refractivity contribution in [2.45, 2.75) is 45.1 Å². The van der Waals surface area contributed by atoms with Crippen molar-refractivity contribution in [3.8, 4) is 11.8 Å². The van der Waals surface area contributed by atoms with Gasteiger partial charge < -0.3 is 10.0 Å². The lowest BCUT2D eigenvalue weighted by atomic mass is 9.88. The van der Waals surface area contributed by atoms with Gasteiger partial charge in [-0.3, -0.25) is 4.79 Å². The van der Waals surface area contributed by atoms with Crippen molar-refractivity contribution in [3.63, 3.8) is 0 Å². The van der Waals surface area contributed by atoms with E-state index in [-0.39, 0.29) is 18.4 Å². The first-order valence-corrected chi connectivity index (χ1v) is 8.51. The second-order valence-corrected chi connectivity index (χ2v) is 6.54. The summed E-state index contributed by atoms with van der Waals surface area (Å²) in [5.41, 5.74) is 1.14. The van der Waals surface area contributed by atoms with Gasteiger partial charge in [0.1, 0.15) is 0 Å². The zero-order valence-electron chi connectivity index (χ0n) is 12.6. The maximum absolute atomic E-state index is 12.4. The first kappa shape index (κ1) is 16.1. The number of hydrogen-bond donors (Lipinski definition) is 1. The molecule has 1 amide bonds. The number of aliphatic hydroxyl groups is 1. The molecule has 0 saturated heterocycles. The minimum atomic E-state index is 0.101. The Balaban J connectivity index is 1.88. The molecule has 114 valence electrons. The molecule has 0 bridgehead atoms. The van der Waals surface area contributed by atoms with E-state index in [0.717, 1.165) is 23.3 Å². The molecule has 1 aliphatic carbocycles. The SMILES string of the molecule is CN(Cc1csc(C#CCCO)c1)C(=O)C1CCCCC1. The quantitative estimate of drug-likeness (QED) is 0.869. The zero-order chi connectivity index (χ0) is 15.1. The summed E-state index contributed by atoms with van der Waals surface area (Å²) >= 11 is 1.60. The summed E-state index contributed by atoms with van der Waals surface area (Å²) in [6.07, 6.45) is 6.25. The Kier molecular flexibility index (Phi) is 6.28. The number of aliphatic hydroxyl groups excluding tert-OH is 1.